The molecule has 0 aliphatic rings. The smallest absolute Gasteiger partial charge is 0.0892 e. The van der Waals surface area contributed by atoms with E-state index < -0.39 is 0 Å². The molecule has 20 heavy (non-hydrogen) atoms. The van der Waals surface area contributed by atoms with Crippen molar-refractivity contribution in [1.29, 1.82) is 0 Å². The molecule has 3 heterocycles. The summed E-state index contributed by atoms with van der Waals surface area (Å²) >= 11 is 0. The molecule has 0 aromatic carbocycles. The Bertz CT molecular complexity index is 707. The second-order valence-electron chi connectivity index (χ2n) is 4.30. The summed E-state index contributed by atoms with van der Waals surface area (Å²) < 4.78 is 0. The van der Waals surface area contributed by atoms with Crippen LogP contribution in [-0.2, 0) is 0 Å². The van der Waals surface area contributed by atoms with Crippen molar-refractivity contribution in [2.45, 2.75) is 0 Å². The Balaban J connectivity index is 1.87. The lowest BCUT2D eigenvalue weighted by Crippen LogP contribution is -1.86. The molecular weight excluding hydrogens is 246 g/mol. The molecule has 3 nitrogen and oxygen atoms in total. The lowest BCUT2D eigenvalue weighted by atomic mass is 10.1. The van der Waals surface area contributed by atoms with E-state index in [1.165, 1.54) is 0 Å². The molecule has 0 aliphatic carbocycles. The summed E-state index contributed by atoms with van der Waals surface area (Å²) in [5.41, 5.74) is 3.97. The zero-order chi connectivity index (χ0) is 13.6. The van der Waals surface area contributed by atoms with Crippen LogP contribution in [0.2, 0.25) is 0 Å². The van der Waals surface area contributed by atoms with Crippen LogP contribution in [0.25, 0.3) is 23.5 Å². The molecule has 0 N–H and O–H groups in total. The minimum Gasteiger partial charge on any atom is -0.265 e. The summed E-state index contributed by atoms with van der Waals surface area (Å²) in [7, 11) is 0. The van der Waals surface area contributed by atoms with Gasteiger partial charge in [0.2, 0.25) is 0 Å². The first kappa shape index (κ1) is 12.2. The highest BCUT2D eigenvalue weighted by Gasteiger charge is 1.99. The van der Waals surface area contributed by atoms with Crippen molar-refractivity contribution in [3.05, 3.63) is 78.4 Å². The molecular formula is C17H13N3. The van der Waals surface area contributed by atoms with Gasteiger partial charge in [0.15, 0.2) is 0 Å². The molecule has 0 spiro atoms. The molecule has 0 saturated carbocycles. The Kier molecular flexibility index (Phi) is 3.60. The molecule has 0 fully saturated rings. The number of hydrogen-bond donors (Lipinski definition) is 0. The zero-order valence-corrected chi connectivity index (χ0v) is 10.8. The molecule has 3 heteroatoms. The molecule has 0 aliphatic heterocycles. The predicted octanol–water partition coefficient (Wildman–Crippen LogP) is 3.71. The third kappa shape index (κ3) is 2.95. The Labute approximate surface area is 117 Å². The van der Waals surface area contributed by atoms with E-state index in [-0.39, 0.29) is 0 Å². The van der Waals surface area contributed by atoms with E-state index in [2.05, 4.69) is 27.1 Å². The average Bonchev–Trinajstić information content (AvgIpc) is 2.55. The molecule has 0 saturated heterocycles. The molecule has 0 bridgehead atoms. The number of aromatic nitrogens is 3. The van der Waals surface area contributed by atoms with Crippen molar-refractivity contribution in [1.82, 2.24) is 15.0 Å². The maximum absolute atomic E-state index is 4.36. The van der Waals surface area contributed by atoms with E-state index in [0.717, 1.165) is 22.5 Å². The summed E-state index contributed by atoms with van der Waals surface area (Å²) in [6.45, 7) is 0. The number of nitrogens with zero attached hydrogens (tertiary/aromatic N) is 3. The van der Waals surface area contributed by atoms with Crippen molar-refractivity contribution in [3.8, 4) is 11.4 Å². The summed E-state index contributed by atoms with van der Waals surface area (Å²) in [5, 5.41) is 0. The van der Waals surface area contributed by atoms with Gasteiger partial charge in [-0.2, -0.15) is 0 Å². The van der Waals surface area contributed by atoms with Gasteiger partial charge < -0.3 is 0 Å². The van der Waals surface area contributed by atoms with Gasteiger partial charge in [-0.3, -0.25) is 15.0 Å². The van der Waals surface area contributed by atoms with Gasteiger partial charge in [-0.1, -0.05) is 18.2 Å². The molecule has 3 aromatic heterocycles. The van der Waals surface area contributed by atoms with Crippen LogP contribution in [0.5, 0.6) is 0 Å². The standard InChI is InChI=1S/C17H13N3/c1-2-9-19-16(3-1)17-13-15(8-12-20-17)5-4-14-6-10-18-11-7-14/h1-13H/b5-4-. The molecule has 0 amide bonds. The largest absolute Gasteiger partial charge is 0.265 e. The second kappa shape index (κ2) is 5.89. The van der Waals surface area contributed by atoms with Crippen molar-refractivity contribution < 1.29 is 0 Å². The Morgan fingerprint density at radius 1 is 0.650 bits per heavy atom. The molecule has 0 atom stereocenters. The normalized spacial score (nSPS) is 10.8. The summed E-state index contributed by atoms with van der Waals surface area (Å²) in [4.78, 5) is 12.7. The van der Waals surface area contributed by atoms with Gasteiger partial charge in [0, 0.05) is 24.8 Å². The fourth-order valence-electron chi connectivity index (χ4n) is 1.87. The molecule has 3 rings (SSSR count). The van der Waals surface area contributed by atoms with E-state index >= 15 is 0 Å². The van der Waals surface area contributed by atoms with E-state index in [1.54, 1.807) is 24.8 Å². The highest BCUT2D eigenvalue weighted by Crippen LogP contribution is 2.16. The minimum atomic E-state index is 0.877. The first-order valence-corrected chi connectivity index (χ1v) is 6.37. The molecule has 3 aromatic rings. The van der Waals surface area contributed by atoms with E-state index in [0.29, 0.717) is 0 Å². The maximum atomic E-state index is 4.36. The molecule has 0 unspecified atom stereocenters. The fourth-order valence-corrected chi connectivity index (χ4v) is 1.87. The second-order valence-corrected chi connectivity index (χ2v) is 4.30. The quantitative estimate of drug-likeness (QED) is 0.719. The fraction of sp³-hybridized carbons (Fsp3) is 0. The highest BCUT2D eigenvalue weighted by atomic mass is 14.8. The first-order chi connectivity index (χ1) is 9.92. The number of rotatable bonds is 3. The van der Waals surface area contributed by atoms with Gasteiger partial charge >= 0.3 is 0 Å². The van der Waals surface area contributed by atoms with Crippen molar-refractivity contribution in [3.63, 3.8) is 0 Å². The number of hydrogen-bond acceptors (Lipinski definition) is 3. The van der Waals surface area contributed by atoms with Crippen molar-refractivity contribution in [2.24, 2.45) is 0 Å². The predicted molar refractivity (Wildman–Crippen MR) is 80.6 cm³/mol. The number of pyridine rings is 3. The Morgan fingerprint density at radius 2 is 1.40 bits per heavy atom. The van der Waals surface area contributed by atoms with Crippen LogP contribution in [0, 0.1) is 0 Å². The topological polar surface area (TPSA) is 38.7 Å². The van der Waals surface area contributed by atoms with Crippen molar-refractivity contribution >= 4 is 12.2 Å². The third-order valence-electron chi connectivity index (χ3n) is 2.89. The van der Waals surface area contributed by atoms with Gasteiger partial charge in [0.25, 0.3) is 0 Å². The van der Waals surface area contributed by atoms with Gasteiger partial charge in [-0.25, -0.2) is 0 Å². The van der Waals surface area contributed by atoms with Gasteiger partial charge in [0.05, 0.1) is 11.4 Å². The van der Waals surface area contributed by atoms with Crippen LogP contribution >= 0.6 is 0 Å². The molecule has 96 valence electrons. The van der Waals surface area contributed by atoms with Gasteiger partial charge in [0.1, 0.15) is 0 Å². The highest BCUT2D eigenvalue weighted by molar-refractivity contribution is 5.71. The third-order valence-corrected chi connectivity index (χ3v) is 2.89. The van der Waals surface area contributed by atoms with E-state index in [4.69, 9.17) is 0 Å². The van der Waals surface area contributed by atoms with Crippen LogP contribution in [0.15, 0.2) is 67.3 Å². The van der Waals surface area contributed by atoms with Gasteiger partial charge in [-0.15, -0.1) is 0 Å². The van der Waals surface area contributed by atoms with Crippen LogP contribution in [0.4, 0.5) is 0 Å². The van der Waals surface area contributed by atoms with E-state index in [9.17, 15) is 0 Å². The van der Waals surface area contributed by atoms with Crippen LogP contribution in [0.1, 0.15) is 11.1 Å². The minimum absolute atomic E-state index is 0.877. The SMILES string of the molecule is C(=C/c1ccnc(-c2ccccn2)c1)/c1ccncc1. The molecule has 0 radical (unpaired) electrons. The summed E-state index contributed by atoms with van der Waals surface area (Å²) in [6.07, 6.45) is 11.3. The van der Waals surface area contributed by atoms with Crippen LogP contribution in [0.3, 0.4) is 0 Å². The average molecular weight is 259 g/mol. The lowest BCUT2D eigenvalue weighted by Gasteiger charge is -2.00. The zero-order valence-electron chi connectivity index (χ0n) is 10.8. The Hall–Kier alpha value is -2.81. The monoisotopic (exact) mass is 259 g/mol. The summed E-state index contributed by atoms with van der Waals surface area (Å²) in [5.74, 6) is 0. The van der Waals surface area contributed by atoms with Gasteiger partial charge in [-0.05, 0) is 47.5 Å². The van der Waals surface area contributed by atoms with Crippen LogP contribution < -0.4 is 0 Å². The van der Waals surface area contributed by atoms with Crippen LogP contribution in [-0.4, -0.2) is 15.0 Å². The maximum Gasteiger partial charge on any atom is 0.0892 e. The van der Waals surface area contributed by atoms with Crippen molar-refractivity contribution in [2.75, 3.05) is 0 Å². The summed E-state index contributed by atoms with van der Waals surface area (Å²) in [6, 6.07) is 13.8. The Morgan fingerprint density at radius 3 is 2.20 bits per heavy atom. The first-order valence-electron chi connectivity index (χ1n) is 6.37. The van der Waals surface area contributed by atoms with E-state index in [1.807, 2.05) is 42.5 Å². The lowest BCUT2D eigenvalue weighted by molar-refractivity contribution is 1.24.